The van der Waals surface area contributed by atoms with Gasteiger partial charge in [-0.2, -0.15) is 5.10 Å². The summed E-state index contributed by atoms with van der Waals surface area (Å²) in [5.74, 6) is -0.102. The van der Waals surface area contributed by atoms with Crippen molar-refractivity contribution in [2.75, 3.05) is 19.5 Å². The van der Waals surface area contributed by atoms with E-state index in [2.05, 4.69) is 15.5 Å². The molecule has 3 rings (SSSR count). The van der Waals surface area contributed by atoms with Gasteiger partial charge in [0.25, 0.3) is 11.8 Å². The molecule has 0 spiro atoms. The summed E-state index contributed by atoms with van der Waals surface area (Å²) in [4.78, 5) is 29.3. The summed E-state index contributed by atoms with van der Waals surface area (Å²) in [6.07, 6.45) is 2.95. The number of aromatic nitrogens is 2. The van der Waals surface area contributed by atoms with E-state index in [1.807, 2.05) is 0 Å². The minimum absolute atomic E-state index is 0.282. The average Bonchev–Trinajstić information content (AvgIpc) is 3.31. The number of hydrogen-bond acceptors (Lipinski definition) is 5. The zero-order valence-corrected chi connectivity index (χ0v) is 13.6. The van der Waals surface area contributed by atoms with Crippen LogP contribution in [0.3, 0.4) is 0 Å². The van der Waals surface area contributed by atoms with Crippen LogP contribution in [0, 0.1) is 0 Å². The Kier molecular flexibility index (Phi) is 4.62. The largest absolute Gasteiger partial charge is 0.463 e. The number of H-pyrrole nitrogens is 1. The monoisotopic (exact) mass is 340 g/mol. The highest BCUT2D eigenvalue weighted by Gasteiger charge is 2.17. The number of anilines is 1. The maximum atomic E-state index is 12.5. The molecule has 8 nitrogen and oxygen atoms in total. The smallest absolute Gasteiger partial charge is 0.277 e. The van der Waals surface area contributed by atoms with Gasteiger partial charge in [-0.1, -0.05) is 0 Å². The van der Waals surface area contributed by atoms with Crippen LogP contribution in [-0.4, -0.2) is 41.2 Å². The molecule has 2 heterocycles. The summed E-state index contributed by atoms with van der Waals surface area (Å²) in [7, 11) is 2.93. The molecule has 0 atom stereocenters. The number of hydrogen-bond donors (Lipinski definition) is 2. The SMILES string of the molecule is CON(C)C(=O)c1ccc(NC(=O)c2cn[nH]c2-c2ccco2)cc1. The van der Waals surface area contributed by atoms with Gasteiger partial charge in [-0.3, -0.25) is 19.5 Å². The molecule has 0 fully saturated rings. The normalized spacial score (nSPS) is 10.5. The number of amides is 2. The van der Waals surface area contributed by atoms with Gasteiger partial charge in [-0.15, -0.1) is 0 Å². The second-order valence-corrected chi connectivity index (χ2v) is 5.15. The number of benzene rings is 1. The predicted molar refractivity (Wildman–Crippen MR) is 89.8 cm³/mol. The maximum Gasteiger partial charge on any atom is 0.277 e. The van der Waals surface area contributed by atoms with Gasteiger partial charge in [0.05, 0.1) is 25.1 Å². The molecule has 0 saturated heterocycles. The van der Waals surface area contributed by atoms with E-state index < -0.39 is 0 Å². The minimum atomic E-state index is -0.340. The van der Waals surface area contributed by atoms with E-state index in [1.54, 1.807) is 36.4 Å². The van der Waals surface area contributed by atoms with Gasteiger partial charge in [0.15, 0.2) is 5.76 Å². The lowest BCUT2D eigenvalue weighted by Gasteiger charge is -2.13. The summed E-state index contributed by atoms with van der Waals surface area (Å²) >= 11 is 0. The molecule has 0 bridgehead atoms. The Balaban J connectivity index is 1.74. The van der Waals surface area contributed by atoms with Crippen molar-refractivity contribution in [2.24, 2.45) is 0 Å². The summed E-state index contributed by atoms with van der Waals surface area (Å²) in [6, 6.07) is 9.96. The lowest BCUT2D eigenvalue weighted by atomic mass is 10.1. The molecule has 2 aromatic heterocycles. The van der Waals surface area contributed by atoms with Crippen LogP contribution in [0.25, 0.3) is 11.5 Å². The number of carbonyl (C=O) groups excluding carboxylic acids is 2. The van der Waals surface area contributed by atoms with Gasteiger partial charge >= 0.3 is 0 Å². The van der Waals surface area contributed by atoms with Crippen LogP contribution in [-0.2, 0) is 4.84 Å². The number of rotatable bonds is 5. The van der Waals surface area contributed by atoms with Crippen LogP contribution >= 0.6 is 0 Å². The number of nitrogens with zero attached hydrogens (tertiary/aromatic N) is 2. The highest BCUT2D eigenvalue weighted by molar-refractivity contribution is 6.07. The number of nitrogens with one attached hydrogen (secondary N) is 2. The summed E-state index contributed by atoms with van der Waals surface area (Å²) in [5.41, 5.74) is 1.85. The van der Waals surface area contributed by atoms with E-state index in [0.29, 0.717) is 28.3 Å². The standard InChI is InChI=1S/C17H16N4O4/c1-21(24-2)17(23)11-5-7-12(8-6-11)19-16(22)13-10-18-20-15(13)14-4-3-9-25-14/h3-10H,1-2H3,(H,18,20)(H,19,22). The molecule has 128 valence electrons. The van der Waals surface area contributed by atoms with Gasteiger partial charge in [0, 0.05) is 18.3 Å². The van der Waals surface area contributed by atoms with Crippen LogP contribution in [0.1, 0.15) is 20.7 Å². The molecule has 25 heavy (non-hydrogen) atoms. The fraction of sp³-hybridized carbons (Fsp3) is 0.118. The van der Waals surface area contributed by atoms with Crippen LogP contribution in [0.5, 0.6) is 0 Å². The quantitative estimate of drug-likeness (QED) is 0.695. The molecular weight excluding hydrogens is 324 g/mol. The molecule has 8 heteroatoms. The maximum absolute atomic E-state index is 12.5. The molecule has 0 aliphatic heterocycles. The van der Waals surface area contributed by atoms with Crippen LogP contribution in [0.4, 0.5) is 5.69 Å². The van der Waals surface area contributed by atoms with Crippen molar-refractivity contribution in [2.45, 2.75) is 0 Å². The Morgan fingerprint density at radius 2 is 2.00 bits per heavy atom. The molecule has 0 unspecified atom stereocenters. The molecular formula is C17H16N4O4. The number of aromatic amines is 1. The van der Waals surface area contributed by atoms with E-state index in [-0.39, 0.29) is 11.8 Å². The average molecular weight is 340 g/mol. The van der Waals surface area contributed by atoms with E-state index in [4.69, 9.17) is 9.25 Å². The van der Waals surface area contributed by atoms with Crippen molar-refractivity contribution in [3.63, 3.8) is 0 Å². The zero-order valence-electron chi connectivity index (χ0n) is 13.6. The second-order valence-electron chi connectivity index (χ2n) is 5.15. The molecule has 1 aromatic carbocycles. The third-order valence-corrected chi connectivity index (χ3v) is 3.60. The molecule has 2 amide bonds. The van der Waals surface area contributed by atoms with Crippen molar-refractivity contribution < 1.29 is 18.8 Å². The van der Waals surface area contributed by atoms with Gasteiger partial charge in [0.2, 0.25) is 0 Å². The van der Waals surface area contributed by atoms with Crippen LogP contribution in [0.15, 0.2) is 53.3 Å². The fourth-order valence-corrected chi connectivity index (χ4v) is 2.23. The van der Waals surface area contributed by atoms with Crippen molar-refractivity contribution in [1.82, 2.24) is 15.3 Å². The van der Waals surface area contributed by atoms with E-state index >= 15 is 0 Å². The Morgan fingerprint density at radius 3 is 2.64 bits per heavy atom. The Labute approximate surface area is 143 Å². The third-order valence-electron chi connectivity index (χ3n) is 3.60. The lowest BCUT2D eigenvalue weighted by molar-refractivity contribution is -0.0756. The number of furan rings is 1. The minimum Gasteiger partial charge on any atom is -0.463 e. The Bertz CT molecular complexity index is 868. The summed E-state index contributed by atoms with van der Waals surface area (Å²) < 4.78 is 5.29. The fourth-order valence-electron chi connectivity index (χ4n) is 2.23. The van der Waals surface area contributed by atoms with Crippen LogP contribution < -0.4 is 5.32 Å². The zero-order chi connectivity index (χ0) is 17.8. The molecule has 0 aliphatic carbocycles. The molecule has 2 N–H and O–H groups in total. The Morgan fingerprint density at radius 1 is 1.24 bits per heavy atom. The second kappa shape index (κ2) is 7.02. The molecule has 0 radical (unpaired) electrons. The number of carbonyl (C=O) groups is 2. The van der Waals surface area contributed by atoms with Crippen LogP contribution in [0.2, 0.25) is 0 Å². The van der Waals surface area contributed by atoms with Gasteiger partial charge in [-0.25, -0.2) is 5.06 Å². The van der Waals surface area contributed by atoms with Gasteiger partial charge in [0.1, 0.15) is 5.69 Å². The van der Waals surface area contributed by atoms with Crippen molar-refractivity contribution in [1.29, 1.82) is 0 Å². The third kappa shape index (κ3) is 3.43. The molecule has 0 aliphatic rings. The number of hydroxylamine groups is 2. The van der Waals surface area contributed by atoms with E-state index in [0.717, 1.165) is 5.06 Å². The topological polar surface area (TPSA) is 100 Å². The van der Waals surface area contributed by atoms with Gasteiger partial charge < -0.3 is 9.73 Å². The predicted octanol–water partition coefficient (Wildman–Crippen LogP) is 2.56. The highest BCUT2D eigenvalue weighted by atomic mass is 16.7. The first kappa shape index (κ1) is 16.5. The first-order valence-corrected chi connectivity index (χ1v) is 7.41. The lowest BCUT2D eigenvalue weighted by Crippen LogP contribution is -2.25. The first-order valence-electron chi connectivity index (χ1n) is 7.41. The molecule has 0 saturated carbocycles. The van der Waals surface area contributed by atoms with Gasteiger partial charge in [-0.05, 0) is 36.4 Å². The van der Waals surface area contributed by atoms with Crippen molar-refractivity contribution >= 4 is 17.5 Å². The van der Waals surface area contributed by atoms with Crippen molar-refractivity contribution in [3.8, 4) is 11.5 Å². The summed E-state index contributed by atoms with van der Waals surface area (Å²) in [5, 5.41) is 10.5. The molecule has 3 aromatic rings. The Hall–Kier alpha value is -3.39. The van der Waals surface area contributed by atoms with E-state index in [9.17, 15) is 9.59 Å². The first-order chi connectivity index (χ1) is 12.1. The van der Waals surface area contributed by atoms with E-state index in [1.165, 1.54) is 26.6 Å². The van der Waals surface area contributed by atoms with Crippen molar-refractivity contribution in [3.05, 3.63) is 60.0 Å². The highest BCUT2D eigenvalue weighted by Crippen LogP contribution is 2.22. The summed E-state index contributed by atoms with van der Waals surface area (Å²) in [6.45, 7) is 0.